The first-order valence-electron chi connectivity index (χ1n) is 5.60. The molecule has 0 radical (unpaired) electrons. The topological polar surface area (TPSA) is 18.5 Å². The maximum atomic E-state index is 5.70. The van der Waals surface area contributed by atoms with E-state index < -0.39 is 0 Å². The van der Waals surface area contributed by atoms with Crippen molar-refractivity contribution in [2.45, 2.75) is 52.2 Å². The second-order valence-electron chi connectivity index (χ2n) is 3.81. The lowest BCUT2D eigenvalue weighted by atomic mass is 10.1. The summed E-state index contributed by atoms with van der Waals surface area (Å²) in [6.45, 7) is 6.20. The molecule has 2 nitrogen and oxygen atoms in total. The van der Waals surface area contributed by atoms with E-state index in [1.165, 1.54) is 25.7 Å². The van der Waals surface area contributed by atoms with E-state index in [4.69, 9.17) is 9.47 Å². The summed E-state index contributed by atoms with van der Waals surface area (Å²) >= 11 is 0. The van der Waals surface area contributed by atoms with Gasteiger partial charge >= 0.3 is 0 Å². The fourth-order valence-corrected chi connectivity index (χ4v) is 1.61. The number of rotatable bonds is 5. The summed E-state index contributed by atoms with van der Waals surface area (Å²) in [5, 5.41) is 0. The van der Waals surface area contributed by atoms with Crippen LogP contribution in [0.25, 0.3) is 0 Å². The minimum Gasteiger partial charge on any atom is -0.353 e. The summed E-state index contributed by atoms with van der Waals surface area (Å²) in [5.41, 5.74) is 0. The zero-order valence-electron chi connectivity index (χ0n) is 8.92. The average molecular weight is 186 g/mol. The molecule has 0 bridgehead atoms. The molecule has 0 aromatic rings. The molecule has 1 unspecified atom stereocenters. The third-order valence-electron chi connectivity index (χ3n) is 2.81. The van der Waals surface area contributed by atoms with E-state index in [1.807, 2.05) is 0 Å². The molecule has 0 amide bonds. The fraction of sp³-hybridized carbons (Fsp3) is 1.00. The molecule has 1 fully saturated rings. The van der Waals surface area contributed by atoms with Crippen LogP contribution >= 0.6 is 0 Å². The minimum atomic E-state index is 0.0920. The van der Waals surface area contributed by atoms with E-state index in [1.54, 1.807) is 0 Å². The van der Waals surface area contributed by atoms with Gasteiger partial charge in [0.1, 0.15) is 0 Å². The molecule has 0 aliphatic carbocycles. The van der Waals surface area contributed by atoms with E-state index in [9.17, 15) is 0 Å². The van der Waals surface area contributed by atoms with Gasteiger partial charge in [-0.2, -0.15) is 0 Å². The standard InChI is InChI=1S/C11H22O2/c1-3-10(4-2)9-13-11-7-5-6-8-12-11/h10-11H,3-9H2,1-2H3. The van der Waals surface area contributed by atoms with Crippen molar-refractivity contribution in [2.75, 3.05) is 13.2 Å². The molecule has 1 saturated heterocycles. The van der Waals surface area contributed by atoms with Crippen LogP contribution in [0.5, 0.6) is 0 Å². The molecule has 0 spiro atoms. The molecule has 1 rings (SSSR count). The maximum Gasteiger partial charge on any atom is 0.157 e. The monoisotopic (exact) mass is 186 g/mol. The van der Waals surface area contributed by atoms with Gasteiger partial charge in [0.15, 0.2) is 6.29 Å². The van der Waals surface area contributed by atoms with Crippen LogP contribution < -0.4 is 0 Å². The second-order valence-corrected chi connectivity index (χ2v) is 3.81. The van der Waals surface area contributed by atoms with Crippen LogP contribution in [0.2, 0.25) is 0 Å². The molecule has 1 atom stereocenters. The Kier molecular flexibility index (Phi) is 5.40. The Morgan fingerprint density at radius 1 is 1.31 bits per heavy atom. The lowest BCUT2D eigenvalue weighted by Gasteiger charge is -2.24. The second kappa shape index (κ2) is 6.39. The Labute approximate surface area is 81.6 Å². The van der Waals surface area contributed by atoms with Crippen molar-refractivity contribution in [1.82, 2.24) is 0 Å². The highest BCUT2D eigenvalue weighted by molar-refractivity contribution is 4.57. The molecule has 0 aromatic carbocycles. The quantitative estimate of drug-likeness (QED) is 0.657. The van der Waals surface area contributed by atoms with Crippen LogP contribution in [0.15, 0.2) is 0 Å². The van der Waals surface area contributed by atoms with Gasteiger partial charge in [-0.1, -0.05) is 26.7 Å². The van der Waals surface area contributed by atoms with Gasteiger partial charge in [-0.15, -0.1) is 0 Å². The van der Waals surface area contributed by atoms with Crippen molar-refractivity contribution < 1.29 is 9.47 Å². The summed E-state index contributed by atoms with van der Waals surface area (Å²) in [6, 6.07) is 0. The number of ether oxygens (including phenoxy) is 2. The van der Waals surface area contributed by atoms with Crippen LogP contribution in [0, 0.1) is 5.92 Å². The Morgan fingerprint density at radius 3 is 2.62 bits per heavy atom. The summed E-state index contributed by atoms with van der Waals surface area (Å²) in [6.07, 6.45) is 6.06. The van der Waals surface area contributed by atoms with E-state index in [-0.39, 0.29) is 6.29 Å². The van der Waals surface area contributed by atoms with Gasteiger partial charge in [0.05, 0.1) is 6.61 Å². The van der Waals surface area contributed by atoms with E-state index in [0.717, 1.165) is 19.6 Å². The number of hydrogen-bond donors (Lipinski definition) is 0. The highest BCUT2D eigenvalue weighted by Crippen LogP contribution is 2.16. The molecule has 1 aliphatic rings. The lowest BCUT2D eigenvalue weighted by molar-refractivity contribution is -0.169. The van der Waals surface area contributed by atoms with Crippen LogP contribution in [-0.2, 0) is 9.47 Å². The zero-order chi connectivity index (χ0) is 9.52. The molecule has 2 heteroatoms. The SMILES string of the molecule is CCC(CC)COC1CCCCO1. The van der Waals surface area contributed by atoms with Gasteiger partial charge in [0.2, 0.25) is 0 Å². The third kappa shape index (κ3) is 4.10. The van der Waals surface area contributed by atoms with Crippen molar-refractivity contribution in [2.24, 2.45) is 5.92 Å². The lowest BCUT2D eigenvalue weighted by Crippen LogP contribution is -2.24. The van der Waals surface area contributed by atoms with Gasteiger partial charge < -0.3 is 9.47 Å². The summed E-state index contributed by atoms with van der Waals surface area (Å²) in [5.74, 6) is 0.713. The van der Waals surface area contributed by atoms with Crippen LogP contribution in [0.1, 0.15) is 46.0 Å². The zero-order valence-corrected chi connectivity index (χ0v) is 8.92. The molecule has 78 valence electrons. The minimum absolute atomic E-state index is 0.0920. The molecule has 1 heterocycles. The van der Waals surface area contributed by atoms with Gasteiger partial charge in [0, 0.05) is 6.61 Å². The largest absolute Gasteiger partial charge is 0.353 e. The number of hydrogen-bond acceptors (Lipinski definition) is 2. The first-order chi connectivity index (χ1) is 6.36. The van der Waals surface area contributed by atoms with Crippen molar-refractivity contribution in [3.05, 3.63) is 0 Å². The molecular formula is C11H22O2. The molecule has 1 aliphatic heterocycles. The molecule has 0 N–H and O–H groups in total. The highest BCUT2D eigenvalue weighted by Gasteiger charge is 2.15. The van der Waals surface area contributed by atoms with Crippen molar-refractivity contribution in [1.29, 1.82) is 0 Å². The third-order valence-corrected chi connectivity index (χ3v) is 2.81. The summed E-state index contributed by atoms with van der Waals surface area (Å²) < 4.78 is 11.2. The first-order valence-corrected chi connectivity index (χ1v) is 5.60. The Bertz CT molecular complexity index is 115. The van der Waals surface area contributed by atoms with Gasteiger partial charge in [-0.05, 0) is 25.2 Å². The van der Waals surface area contributed by atoms with Crippen LogP contribution in [0.4, 0.5) is 0 Å². The molecule has 0 saturated carbocycles. The fourth-order valence-electron chi connectivity index (χ4n) is 1.61. The van der Waals surface area contributed by atoms with Gasteiger partial charge in [-0.3, -0.25) is 0 Å². The van der Waals surface area contributed by atoms with E-state index in [2.05, 4.69) is 13.8 Å². The Hall–Kier alpha value is -0.0800. The Balaban J connectivity index is 2.09. The van der Waals surface area contributed by atoms with Crippen LogP contribution in [-0.4, -0.2) is 19.5 Å². The van der Waals surface area contributed by atoms with E-state index in [0.29, 0.717) is 5.92 Å². The normalized spacial score (nSPS) is 23.8. The van der Waals surface area contributed by atoms with Gasteiger partial charge in [-0.25, -0.2) is 0 Å². The average Bonchev–Trinajstić information content (AvgIpc) is 2.21. The maximum absolute atomic E-state index is 5.70. The van der Waals surface area contributed by atoms with Gasteiger partial charge in [0.25, 0.3) is 0 Å². The summed E-state index contributed by atoms with van der Waals surface area (Å²) in [4.78, 5) is 0. The highest BCUT2D eigenvalue weighted by atomic mass is 16.7. The summed E-state index contributed by atoms with van der Waals surface area (Å²) in [7, 11) is 0. The smallest absolute Gasteiger partial charge is 0.157 e. The van der Waals surface area contributed by atoms with E-state index >= 15 is 0 Å². The molecule has 13 heavy (non-hydrogen) atoms. The predicted molar refractivity (Wildman–Crippen MR) is 53.6 cm³/mol. The van der Waals surface area contributed by atoms with Crippen molar-refractivity contribution in [3.63, 3.8) is 0 Å². The first kappa shape index (κ1) is 11.0. The molecule has 0 aromatic heterocycles. The van der Waals surface area contributed by atoms with Crippen molar-refractivity contribution >= 4 is 0 Å². The van der Waals surface area contributed by atoms with Crippen LogP contribution in [0.3, 0.4) is 0 Å². The molecular weight excluding hydrogens is 164 g/mol. The predicted octanol–water partition coefficient (Wildman–Crippen LogP) is 2.97. The van der Waals surface area contributed by atoms with Crippen molar-refractivity contribution in [3.8, 4) is 0 Å². The Morgan fingerprint density at radius 2 is 2.08 bits per heavy atom.